The smallest absolute Gasteiger partial charge is 0.297 e. The fraction of sp³-hybridized carbons (Fsp3) is 0.0526. The number of amides is 1. The number of hydrogen-bond acceptors (Lipinski definition) is 5. The van der Waals surface area contributed by atoms with Gasteiger partial charge < -0.3 is 10.1 Å². The van der Waals surface area contributed by atoms with E-state index in [0.717, 1.165) is 5.56 Å². The van der Waals surface area contributed by atoms with Crippen molar-refractivity contribution in [2.75, 3.05) is 12.4 Å². The summed E-state index contributed by atoms with van der Waals surface area (Å²) >= 11 is 0. The molecule has 3 rings (SSSR count). The number of aromatic nitrogens is 2. The Morgan fingerprint density at radius 2 is 1.76 bits per heavy atom. The topological polar surface area (TPSA) is 81.2 Å². The predicted molar refractivity (Wildman–Crippen MR) is 93.4 cm³/mol. The van der Waals surface area contributed by atoms with E-state index in [2.05, 4.69) is 15.3 Å². The first-order chi connectivity index (χ1) is 12.2. The molecule has 0 unspecified atom stereocenters. The lowest BCUT2D eigenvalue weighted by molar-refractivity contribution is -0.112. The Balaban J connectivity index is 1.80. The van der Waals surface area contributed by atoms with E-state index in [1.807, 2.05) is 24.3 Å². The van der Waals surface area contributed by atoms with Crippen LogP contribution >= 0.6 is 0 Å². The summed E-state index contributed by atoms with van der Waals surface area (Å²) in [6, 6.07) is 17.3. The summed E-state index contributed by atoms with van der Waals surface area (Å²) < 4.78 is 5.19. The van der Waals surface area contributed by atoms with Crippen LogP contribution in [0.3, 0.4) is 0 Å². The van der Waals surface area contributed by atoms with Gasteiger partial charge in [-0.2, -0.15) is 0 Å². The van der Waals surface area contributed by atoms with Crippen molar-refractivity contribution in [2.45, 2.75) is 0 Å². The zero-order valence-corrected chi connectivity index (χ0v) is 13.5. The SMILES string of the molecule is COc1cccc(-c2cc(NC(=O)C(=O)c3ccccc3)ncn2)c1. The highest BCUT2D eigenvalue weighted by Crippen LogP contribution is 2.23. The van der Waals surface area contributed by atoms with Crippen LogP contribution in [0.1, 0.15) is 10.4 Å². The molecule has 2 aromatic carbocycles. The van der Waals surface area contributed by atoms with Crippen molar-refractivity contribution < 1.29 is 14.3 Å². The molecule has 1 amide bonds. The molecule has 0 aliphatic carbocycles. The van der Waals surface area contributed by atoms with Gasteiger partial charge in [0.2, 0.25) is 0 Å². The van der Waals surface area contributed by atoms with Crippen LogP contribution < -0.4 is 10.1 Å². The van der Waals surface area contributed by atoms with Crippen LogP contribution in [0.4, 0.5) is 5.82 Å². The lowest BCUT2D eigenvalue weighted by Gasteiger charge is -2.07. The molecule has 0 fully saturated rings. The molecule has 0 atom stereocenters. The van der Waals surface area contributed by atoms with E-state index in [-0.39, 0.29) is 5.82 Å². The molecule has 0 spiro atoms. The molecule has 25 heavy (non-hydrogen) atoms. The molecule has 1 aromatic heterocycles. The van der Waals surface area contributed by atoms with Crippen LogP contribution in [0, 0.1) is 0 Å². The predicted octanol–water partition coefficient (Wildman–Crippen LogP) is 2.97. The molecule has 1 heterocycles. The number of benzene rings is 2. The minimum absolute atomic E-state index is 0.252. The van der Waals surface area contributed by atoms with Gasteiger partial charge in [-0.3, -0.25) is 9.59 Å². The summed E-state index contributed by atoms with van der Waals surface area (Å²) in [5, 5.41) is 2.51. The Kier molecular flexibility index (Phi) is 4.80. The standard InChI is InChI=1S/C19H15N3O3/c1-25-15-9-5-8-14(10-15)16-11-17(21-12-20-16)22-19(24)18(23)13-6-3-2-4-7-13/h2-12H,1H3,(H,20,21,22,24). The number of nitrogens with one attached hydrogen (secondary N) is 1. The van der Waals surface area contributed by atoms with Crippen LogP contribution in [0.2, 0.25) is 0 Å². The zero-order valence-electron chi connectivity index (χ0n) is 13.5. The number of nitrogens with zero attached hydrogens (tertiary/aromatic N) is 2. The van der Waals surface area contributed by atoms with Crippen molar-refractivity contribution in [1.29, 1.82) is 0 Å². The van der Waals surface area contributed by atoms with Gasteiger partial charge in [0.1, 0.15) is 17.9 Å². The first-order valence-corrected chi connectivity index (χ1v) is 7.54. The summed E-state index contributed by atoms with van der Waals surface area (Å²) in [6.07, 6.45) is 1.33. The third kappa shape index (κ3) is 3.87. The fourth-order valence-corrected chi connectivity index (χ4v) is 2.26. The fourth-order valence-electron chi connectivity index (χ4n) is 2.26. The Morgan fingerprint density at radius 1 is 0.960 bits per heavy atom. The quantitative estimate of drug-likeness (QED) is 0.573. The van der Waals surface area contributed by atoms with Crippen LogP contribution in [-0.2, 0) is 4.79 Å². The van der Waals surface area contributed by atoms with Crippen LogP contribution in [0.15, 0.2) is 67.0 Å². The summed E-state index contributed by atoms with van der Waals surface area (Å²) in [7, 11) is 1.58. The maximum Gasteiger partial charge on any atom is 0.297 e. The summed E-state index contributed by atoms with van der Waals surface area (Å²) in [5.41, 5.74) is 1.74. The summed E-state index contributed by atoms with van der Waals surface area (Å²) in [4.78, 5) is 32.4. The maximum absolute atomic E-state index is 12.1. The Morgan fingerprint density at radius 3 is 2.52 bits per heavy atom. The molecule has 1 N–H and O–H groups in total. The first-order valence-electron chi connectivity index (χ1n) is 7.54. The van der Waals surface area contributed by atoms with E-state index in [1.54, 1.807) is 43.5 Å². The number of carbonyl (C=O) groups is 2. The van der Waals surface area contributed by atoms with E-state index < -0.39 is 11.7 Å². The molecule has 6 heteroatoms. The van der Waals surface area contributed by atoms with Crippen molar-refractivity contribution in [2.24, 2.45) is 0 Å². The molecule has 0 bridgehead atoms. The van der Waals surface area contributed by atoms with Gasteiger partial charge >= 0.3 is 0 Å². The highest BCUT2D eigenvalue weighted by atomic mass is 16.5. The molecular weight excluding hydrogens is 318 g/mol. The van der Waals surface area contributed by atoms with Crippen molar-refractivity contribution in [1.82, 2.24) is 9.97 Å². The van der Waals surface area contributed by atoms with E-state index in [9.17, 15) is 9.59 Å². The molecule has 0 saturated carbocycles. The first kappa shape index (κ1) is 16.3. The van der Waals surface area contributed by atoms with E-state index in [0.29, 0.717) is 17.0 Å². The minimum Gasteiger partial charge on any atom is -0.497 e. The van der Waals surface area contributed by atoms with Gasteiger partial charge in [0.05, 0.1) is 12.8 Å². The zero-order chi connectivity index (χ0) is 17.6. The number of Topliss-reactive ketones (excluding diaryl/α,β-unsaturated/α-hetero) is 1. The van der Waals surface area contributed by atoms with E-state index in [1.165, 1.54) is 6.33 Å². The van der Waals surface area contributed by atoms with Crippen LogP contribution in [0.25, 0.3) is 11.3 Å². The third-order valence-corrected chi connectivity index (χ3v) is 3.52. The molecule has 0 saturated heterocycles. The second-order valence-electron chi connectivity index (χ2n) is 5.17. The van der Waals surface area contributed by atoms with Gasteiger partial charge in [-0.15, -0.1) is 0 Å². The molecule has 124 valence electrons. The van der Waals surface area contributed by atoms with Crippen molar-refractivity contribution in [3.05, 3.63) is 72.6 Å². The average molecular weight is 333 g/mol. The number of rotatable bonds is 5. The normalized spacial score (nSPS) is 10.1. The summed E-state index contributed by atoms with van der Waals surface area (Å²) in [6.45, 7) is 0. The van der Waals surface area contributed by atoms with E-state index >= 15 is 0 Å². The van der Waals surface area contributed by atoms with Crippen LogP contribution in [0.5, 0.6) is 5.75 Å². The van der Waals surface area contributed by atoms with Crippen molar-refractivity contribution in [3.63, 3.8) is 0 Å². The molecule has 0 radical (unpaired) electrons. The monoisotopic (exact) mass is 333 g/mol. The number of ketones is 1. The molecule has 0 aliphatic heterocycles. The van der Waals surface area contributed by atoms with Gasteiger partial charge in [0.15, 0.2) is 0 Å². The Labute approximate surface area is 144 Å². The number of anilines is 1. The maximum atomic E-state index is 12.1. The minimum atomic E-state index is -0.749. The largest absolute Gasteiger partial charge is 0.497 e. The molecular formula is C19H15N3O3. The molecule has 6 nitrogen and oxygen atoms in total. The average Bonchev–Trinajstić information content (AvgIpc) is 2.68. The molecule has 3 aromatic rings. The van der Waals surface area contributed by atoms with Gasteiger partial charge in [0, 0.05) is 17.2 Å². The van der Waals surface area contributed by atoms with Gasteiger partial charge in [-0.05, 0) is 12.1 Å². The number of carbonyl (C=O) groups excluding carboxylic acids is 2. The highest BCUT2D eigenvalue weighted by molar-refractivity contribution is 6.46. The van der Waals surface area contributed by atoms with Crippen molar-refractivity contribution >= 4 is 17.5 Å². The number of hydrogen-bond donors (Lipinski definition) is 1. The summed E-state index contributed by atoms with van der Waals surface area (Å²) in [5.74, 6) is -0.424. The highest BCUT2D eigenvalue weighted by Gasteiger charge is 2.16. The van der Waals surface area contributed by atoms with E-state index in [4.69, 9.17) is 4.74 Å². The lowest BCUT2D eigenvalue weighted by Crippen LogP contribution is -2.23. The Bertz CT molecular complexity index is 911. The Hall–Kier alpha value is -3.54. The number of ether oxygens (including phenoxy) is 1. The van der Waals surface area contributed by atoms with Gasteiger partial charge in [-0.1, -0.05) is 42.5 Å². The van der Waals surface area contributed by atoms with Gasteiger partial charge in [0.25, 0.3) is 11.7 Å². The van der Waals surface area contributed by atoms with Crippen LogP contribution in [-0.4, -0.2) is 28.8 Å². The molecule has 0 aliphatic rings. The van der Waals surface area contributed by atoms with Gasteiger partial charge in [-0.25, -0.2) is 9.97 Å². The second kappa shape index (κ2) is 7.35. The lowest BCUT2D eigenvalue weighted by atomic mass is 10.1. The third-order valence-electron chi connectivity index (χ3n) is 3.52. The second-order valence-corrected chi connectivity index (χ2v) is 5.17. The number of methoxy groups -OCH3 is 1. The van der Waals surface area contributed by atoms with Crippen molar-refractivity contribution in [3.8, 4) is 17.0 Å².